The molecule has 1 aromatic heterocycles. The van der Waals surface area contributed by atoms with E-state index in [2.05, 4.69) is 25.7 Å². The van der Waals surface area contributed by atoms with Crippen LogP contribution in [0.2, 0.25) is 0 Å². The monoisotopic (exact) mass is 269 g/mol. The average Bonchev–Trinajstić information content (AvgIpc) is 2.06. The predicted octanol–water partition coefficient (Wildman–Crippen LogP) is 3.18. The summed E-state index contributed by atoms with van der Waals surface area (Å²) in [5.41, 5.74) is 0.647. The van der Waals surface area contributed by atoms with Gasteiger partial charge in [-0.1, -0.05) is 15.9 Å². The van der Waals surface area contributed by atoms with Crippen molar-refractivity contribution in [2.45, 2.75) is 18.6 Å². The summed E-state index contributed by atoms with van der Waals surface area (Å²) in [5, 5.41) is 0.222. The van der Waals surface area contributed by atoms with Crippen LogP contribution < -0.4 is 4.74 Å². The molecule has 0 aliphatic rings. The summed E-state index contributed by atoms with van der Waals surface area (Å²) in [6.45, 7) is 1.54. The first-order valence-corrected chi connectivity index (χ1v) is 4.82. The molecule has 0 aromatic carbocycles. The van der Waals surface area contributed by atoms with Crippen LogP contribution in [0, 0.1) is 6.92 Å². The van der Waals surface area contributed by atoms with Crippen LogP contribution in [0.5, 0.6) is 5.75 Å². The van der Waals surface area contributed by atoms with Gasteiger partial charge in [0.1, 0.15) is 0 Å². The number of aryl methyl sites for hydroxylation is 1. The van der Waals surface area contributed by atoms with Gasteiger partial charge in [-0.3, -0.25) is 4.98 Å². The normalized spacial score (nSPS) is 11.5. The van der Waals surface area contributed by atoms with Gasteiger partial charge in [-0.05, 0) is 18.6 Å². The van der Waals surface area contributed by atoms with Crippen molar-refractivity contribution in [3.05, 3.63) is 23.5 Å². The highest BCUT2D eigenvalue weighted by Gasteiger charge is 2.32. The van der Waals surface area contributed by atoms with Crippen LogP contribution in [0.15, 0.2) is 12.3 Å². The fourth-order valence-corrected chi connectivity index (χ4v) is 1.35. The Morgan fingerprint density at radius 3 is 2.64 bits per heavy atom. The van der Waals surface area contributed by atoms with E-state index in [9.17, 15) is 13.2 Å². The Hall–Kier alpha value is -0.780. The Morgan fingerprint density at radius 2 is 2.14 bits per heavy atom. The van der Waals surface area contributed by atoms with Gasteiger partial charge in [-0.15, -0.1) is 13.2 Å². The second-order valence-corrected chi connectivity index (χ2v) is 3.15. The third-order valence-electron chi connectivity index (χ3n) is 1.52. The third-order valence-corrected chi connectivity index (χ3v) is 2.05. The average molecular weight is 270 g/mol. The number of alkyl halides is 4. The zero-order chi connectivity index (χ0) is 10.8. The lowest BCUT2D eigenvalue weighted by Crippen LogP contribution is -2.19. The first kappa shape index (κ1) is 11.3. The highest BCUT2D eigenvalue weighted by atomic mass is 79.9. The van der Waals surface area contributed by atoms with Gasteiger partial charge in [-0.2, -0.15) is 0 Å². The van der Waals surface area contributed by atoms with Gasteiger partial charge in [0.25, 0.3) is 0 Å². The van der Waals surface area contributed by atoms with E-state index < -0.39 is 6.36 Å². The number of hydrogen-bond acceptors (Lipinski definition) is 2. The van der Waals surface area contributed by atoms with E-state index >= 15 is 0 Å². The predicted molar refractivity (Wildman–Crippen MR) is 48.3 cm³/mol. The highest BCUT2D eigenvalue weighted by Crippen LogP contribution is 2.29. The lowest BCUT2D eigenvalue weighted by molar-refractivity contribution is -0.275. The molecule has 1 aromatic rings. The minimum absolute atomic E-state index is 0.222. The molecule has 0 N–H and O–H groups in total. The zero-order valence-electron chi connectivity index (χ0n) is 7.23. The SMILES string of the molecule is Cc1ccnc(CBr)c1OC(F)(F)F. The Morgan fingerprint density at radius 1 is 1.50 bits per heavy atom. The molecule has 0 radical (unpaired) electrons. The number of aromatic nitrogens is 1. The number of pyridine rings is 1. The maximum atomic E-state index is 12.0. The van der Waals surface area contributed by atoms with Gasteiger partial charge in [0.05, 0.1) is 5.69 Å². The Labute approximate surface area is 87.2 Å². The quantitative estimate of drug-likeness (QED) is 0.770. The van der Waals surface area contributed by atoms with Crippen molar-refractivity contribution in [2.24, 2.45) is 0 Å². The summed E-state index contributed by atoms with van der Waals surface area (Å²) in [5.74, 6) is -0.225. The summed E-state index contributed by atoms with van der Waals surface area (Å²) < 4.78 is 39.8. The van der Waals surface area contributed by atoms with Gasteiger partial charge in [-0.25, -0.2) is 0 Å². The molecule has 1 heterocycles. The van der Waals surface area contributed by atoms with Crippen LogP contribution in [0.25, 0.3) is 0 Å². The first-order chi connectivity index (χ1) is 6.44. The van der Waals surface area contributed by atoms with E-state index in [0.717, 1.165) is 0 Å². The van der Waals surface area contributed by atoms with E-state index in [1.54, 1.807) is 0 Å². The standard InChI is InChI=1S/C8H7BrF3NO/c1-5-2-3-13-6(4-9)7(5)14-8(10,11)12/h2-3H,4H2,1H3. The van der Waals surface area contributed by atoms with Crippen molar-refractivity contribution >= 4 is 15.9 Å². The summed E-state index contributed by atoms with van der Waals surface area (Å²) in [7, 11) is 0. The maximum Gasteiger partial charge on any atom is 0.573 e. The third kappa shape index (κ3) is 2.87. The van der Waals surface area contributed by atoms with E-state index in [-0.39, 0.29) is 16.8 Å². The fraction of sp³-hybridized carbons (Fsp3) is 0.375. The molecule has 0 fully saturated rings. The van der Waals surface area contributed by atoms with Crippen LogP contribution in [-0.4, -0.2) is 11.3 Å². The molecule has 0 amide bonds. The number of halogens is 4. The molecule has 78 valence electrons. The smallest absolute Gasteiger partial charge is 0.404 e. The number of hydrogen-bond donors (Lipinski definition) is 0. The molecule has 1 rings (SSSR count). The molecule has 0 bridgehead atoms. The molecular weight excluding hydrogens is 263 g/mol. The van der Waals surface area contributed by atoms with Crippen molar-refractivity contribution < 1.29 is 17.9 Å². The molecule has 0 unspecified atom stereocenters. The summed E-state index contributed by atoms with van der Waals surface area (Å²) in [6, 6.07) is 1.47. The van der Waals surface area contributed by atoms with Crippen LogP contribution in [0.4, 0.5) is 13.2 Å². The minimum atomic E-state index is -4.68. The molecule has 0 saturated heterocycles. The van der Waals surface area contributed by atoms with Gasteiger partial charge < -0.3 is 4.74 Å². The van der Waals surface area contributed by atoms with Gasteiger partial charge in [0.15, 0.2) is 5.75 Å². The van der Waals surface area contributed by atoms with Crippen molar-refractivity contribution in [3.8, 4) is 5.75 Å². The molecule has 0 aliphatic heterocycles. The number of ether oxygens (including phenoxy) is 1. The van der Waals surface area contributed by atoms with Crippen molar-refractivity contribution in [3.63, 3.8) is 0 Å². The molecule has 0 aliphatic carbocycles. The van der Waals surface area contributed by atoms with Crippen LogP contribution in [0.1, 0.15) is 11.3 Å². The maximum absolute atomic E-state index is 12.0. The summed E-state index contributed by atoms with van der Waals surface area (Å²) >= 11 is 3.04. The Balaban J connectivity index is 3.05. The Bertz CT molecular complexity index is 327. The topological polar surface area (TPSA) is 22.1 Å². The van der Waals surface area contributed by atoms with E-state index in [4.69, 9.17) is 0 Å². The van der Waals surface area contributed by atoms with Crippen LogP contribution >= 0.6 is 15.9 Å². The second-order valence-electron chi connectivity index (χ2n) is 2.59. The van der Waals surface area contributed by atoms with Crippen molar-refractivity contribution in [1.82, 2.24) is 4.98 Å². The van der Waals surface area contributed by atoms with E-state index in [1.165, 1.54) is 19.2 Å². The fourth-order valence-electron chi connectivity index (χ4n) is 0.951. The molecule has 0 spiro atoms. The molecule has 2 nitrogen and oxygen atoms in total. The first-order valence-electron chi connectivity index (χ1n) is 3.70. The highest BCUT2D eigenvalue weighted by molar-refractivity contribution is 9.08. The Kier molecular flexibility index (Phi) is 3.36. The largest absolute Gasteiger partial charge is 0.573 e. The van der Waals surface area contributed by atoms with Gasteiger partial charge >= 0.3 is 6.36 Å². The molecule has 6 heteroatoms. The lowest BCUT2D eigenvalue weighted by atomic mass is 10.2. The summed E-state index contributed by atoms with van der Waals surface area (Å²) in [6.07, 6.45) is -3.24. The van der Waals surface area contributed by atoms with Crippen molar-refractivity contribution in [1.29, 1.82) is 0 Å². The van der Waals surface area contributed by atoms with Gasteiger partial charge in [0, 0.05) is 11.5 Å². The second kappa shape index (κ2) is 4.16. The van der Waals surface area contributed by atoms with Crippen LogP contribution in [0.3, 0.4) is 0 Å². The molecule has 0 saturated carbocycles. The van der Waals surface area contributed by atoms with Gasteiger partial charge in [0.2, 0.25) is 0 Å². The lowest BCUT2D eigenvalue weighted by Gasteiger charge is -2.13. The van der Waals surface area contributed by atoms with Crippen LogP contribution in [-0.2, 0) is 5.33 Å². The minimum Gasteiger partial charge on any atom is -0.404 e. The summed E-state index contributed by atoms with van der Waals surface area (Å²) in [4.78, 5) is 3.77. The molecule has 0 atom stereocenters. The number of nitrogens with zero attached hydrogens (tertiary/aromatic N) is 1. The van der Waals surface area contributed by atoms with E-state index in [0.29, 0.717) is 5.56 Å². The van der Waals surface area contributed by atoms with Crippen molar-refractivity contribution in [2.75, 3.05) is 0 Å². The van der Waals surface area contributed by atoms with E-state index in [1.807, 2.05) is 0 Å². The molecule has 14 heavy (non-hydrogen) atoms. The molecular formula is C8H7BrF3NO. The number of rotatable bonds is 2. The zero-order valence-corrected chi connectivity index (χ0v) is 8.82.